The molecule has 3 atom stereocenters. The normalized spacial score (nSPS) is 21.5. The number of hydrogen-bond donors (Lipinski definition) is 0. The van der Waals surface area contributed by atoms with Crippen molar-refractivity contribution in [3.8, 4) is 11.5 Å². The highest BCUT2D eigenvalue weighted by Crippen LogP contribution is 2.62. The van der Waals surface area contributed by atoms with Crippen LogP contribution in [0, 0.1) is 5.41 Å². The van der Waals surface area contributed by atoms with Crippen molar-refractivity contribution in [2.75, 3.05) is 19.1 Å². The van der Waals surface area contributed by atoms with E-state index in [1.807, 2.05) is 46.7 Å². The summed E-state index contributed by atoms with van der Waals surface area (Å²) >= 11 is 7.70. The largest absolute Gasteiger partial charge is 0.493 e. The highest BCUT2D eigenvalue weighted by molar-refractivity contribution is 7.12. The number of rotatable bonds is 5. The maximum atomic E-state index is 14.8. The molecular formula is C33H24ClNO5S. The van der Waals surface area contributed by atoms with Gasteiger partial charge in [0, 0.05) is 33.3 Å². The Morgan fingerprint density at radius 1 is 0.927 bits per heavy atom. The van der Waals surface area contributed by atoms with E-state index in [9.17, 15) is 14.4 Å². The second kappa shape index (κ2) is 9.43. The zero-order valence-corrected chi connectivity index (χ0v) is 23.7. The molecule has 4 aromatic rings. The van der Waals surface area contributed by atoms with Crippen molar-refractivity contribution in [2.45, 2.75) is 18.0 Å². The number of para-hydroxylation sites is 1. The lowest BCUT2D eigenvalue weighted by Crippen LogP contribution is -2.48. The Bertz CT molecular complexity index is 1740. The van der Waals surface area contributed by atoms with Crippen LogP contribution in [0.3, 0.4) is 0 Å². The fraction of sp³-hybridized carbons (Fsp3) is 0.182. The zero-order chi connectivity index (χ0) is 28.5. The first-order chi connectivity index (χ1) is 19.9. The lowest BCUT2D eigenvalue weighted by molar-refractivity contribution is 0.0664. The number of halogens is 1. The summed E-state index contributed by atoms with van der Waals surface area (Å²) in [7, 11) is 3.06. The number of carbonyl (C=O) groups is 3. The van der Waals surface area contributed by atoms with Gasteiger partial charge >= 0.3 is 0 Å². The summed E-state index contributed by atoms with van der Waals surface area (Å²) in [6, 6.07) is 19.7. The molecule has 3 aromatic carbocycles. The molecule has 0 saturated carbocycles. The molecule has 0 radical (unpaired) electrons. The van der Waals surface area contributed by atoms with E-state index in [1.165, 1.54) is 25.6 Å². The van der Waals surface area contributed by atoms with Gasteiger partial charge in [-0.25, -0.2) is 0 Å². The molecule has 204 valence electrons. The predicted molar refractivity (Wildman–Crippen MR) is 159 cm³/mol. The molecule has 41 heavy (non-hydrogen) atoms. The van der Waals surface area contributed by atoms with Crippen LogP contribution in [0.5, 0.6) is 11.5 Å². The number of benzene rings is 3. The number of thiophene rings is 1. The fourth-order valence-electron chi connectivity index (χ4n) is 7.01. The average Bonchev–Trinajstić information content (AvgIpc) is 3.70. The van der Waals surface area contributed by atoms with Crippen LogP contribution in [0.4, 0.5) is 5.69 Å². The first-order valence-electron chi connectivity index (χ1n) is 13.2. The summed E-state index contributed by atoms with van der Waals surface area (Å²) < 4.78 is 11.5. The summed E-state index contributed by atoms with van der Waals surface area (Å²) in [4.78, 5) is 46.6. The molecule has 0 amide bonds. The summed E-state index contributed by atoms with van der Waals surface area (Å²) in [6.45, 7) is 0. The molecule has 1 aliphatic carbocycles. The van der Waals surface area contributed by atoms with Crippen LogP contribution in [-0.2, 0) is 0 Å². The number of hydrogen-bond acceptors (Lipinski definition) is 7. The Labute approximate surface area is 245 Å². The van der Waals surface area contributed by atoms with Crippen LogP contribution in [-0.4, -0.2) is 43.7 Å². The van der Waals surface area contributed by atoms with E-state index >= 15 is 0 Å². The van der Waals surface area contributed by atoms with Crippen molar-refractivity contribution in [3.63, 3.8) is 0 Å². The highest BCUT2D eigenvalue weighted by Gasteiger charge is 2.72. The monoisotopic (exact) mass is 581 g/mol. The van der Waals surface area contributed by atoms with Gasteiger partial charge in [-0.15, -0.1) is 11.3 Å². The maximum Gasteiger partial charge on any atom is 0.195 e. The topological polar surface area (TPSA) is 72.9 Å². The third kappa shape index (κ3) is 3.39. The number of Topliss-reactive ketones (excluding diaryl/α,β-unsaturated/α-hetero) is 3. The van der Waals surface area contributed by atoms with Crippen LogP contribution < -0.4 is 14.4 Å². The first-order valence-corrected chi connectivity index (χ1v) is 14.4. The number of methoxy groups -OCH3 is 2. The summed E-state index contributed by atoms with van der Waals surface area (Å²) in [5.41, 5.74) is 1.20. The van der Waals surface area contributed by atoms with Gasteiger partial charge in [0.2, 0.25) is 0 Å². The van der Waals surface area contributed by atoms with E-state index in [-0.39, 0.29) is 17.3 Å². The summed E-state index contributed by atoms with van der Waals surface area (Å²) in [5.74, 6) is -0.834. The molecule has 1 spiro atoms. The minimum atomic E-state index is -1.63. The van der Waals surface area contributed by atoms with Gasteiger partial charge in [0.1, 0.15) is 11.5 Å². The number of nitrogens with zero attached hydrogens (tertiary/aromatic N) is 1. The summed E-state index contributed by atoms with van der Waals surface area (Å²) in [6.07, 6.45) is 3.77. The quantitative estimate of drug-likeness (QED) is 0.192. The molecular weight excluding hydrogens is 558 g/mol. The maximum absolute atomic E-state index is 14.8. The molecule has 7 rings (SSSR count). The van der Waals surface area contributed by atoms with Crippen LogP contribution >= 0.6 is 22.9 Å². The van der Waals surface area contributed by atoms with E-state index in [2.05, 4.69) is 0 Å². The lowest BCUT2D eigenvalue weighted by Gasteiger charge is -2.37. The fourth-order valence-corrected chi connectivity index (χ4v) is 7.89. The predicted octanol–water partition coefficient (Wildman–Crippen LogP) is 6.74. The molecule has 0 unspecified atom stereocenters. The highest BCUT2D eigenvalue weighted by atomic mass is 35.5. The second-order valence-corrected chi connectivity index (χ2v) is 11.7. The number of ketones is 3. The van der Waals surface area contributed by atoms with Crippen LogP contribution in [0.1, 0.15) is 47.4 Å². The molecule has 6 nitrogen and oxygen atoms in total. The smallest absolute Gasteiger partial charge is 0.195 e. The zero-order valence-electron chi connectivity index (χ0n) is 22.2. The van der Waals surface area contributed by atoms with Crippen LogP contribution in [0.15, 0.2) is 84.3 Å². The summed E-state index contributed by atoms with van der Waals surface area (Å²) in [5, 5.41) is 2.40. The van der Waals surface area contributed by atoms with Gasteiger partial charge in [0.25, 0.3) is 0 Å². The van der Waals surface area contributed by atoms with Gasteiger partial charge in [0.15, 0.2) is 28.8 Å². The Hall–Kier alpha value is -4.20. The first kappa shape index (κ1) is 25.7. The molecule has 1 saturated heterocycles. The van der Waals surface area contributed by atoms with Crippen molar-refractivity contribution in [1.82, 2.24) is 0 Å². The number of carbonyl (C=O) groups excluding carboxylic acids is 3. The van der Waals surface area contributed by atoms with Crippen molar-refractivity contribution < 1.29 is 23.9 Å². The molecule has 1 aromatic heterocycles. The van der Waals surface area contributed by atoms with Crippen molar-refractivity contribution in [1.29, 1.82) is 0 Å². The number of anilines is 1. The van der Waals surface area contributed by atoms with Gasteiger partial charge in [-0.1, -0.05) is 66.2 Å². The van der Waals surface area contributed by atoms with E-state index < -0.39 is 23.4 Å². The number of ether oxygens (including phenoxy) is 2. The molecule has 1 fully saturated rings. The van der Waals surface area contributed by atoms with E-state index in [1.54, 1.807) is 48.5 Å². The van der Waals surface area contributed by atoms with E-state index in [4.69, 9.17) is 21.1 Å². The van der Waals surface area contributed by atoms with Crippen LogP contribution in [0.2, 0.25) is 5.02 Å². The Morgan fingerprint density at radius 2 is 1.68 bits per heavy atom. The average molecular weight is 582 g/mol. The SMILES string of the molecule is COc1cccc([C@H]2[C@H](C(=O)c3cccs3)N3c4ccc(Cl)cc4C=C[C@@H]3C23C(=O)c2ccccc2C3=O)c1OC. The molecule has 8 heteroatoms. The molecule has 3 heterocycles. The molecule has 0 N–H and O–H groups in total. The Morgan fingerprint density at radius 3 is 2.34 bits per heavy atom. The van der Waals surface area contributed by atoms with E-state index in [0.717, 1.165) is 11.3 Å². The van der Waals surface area contributed by atoms with Gasteiger partial charge in [-0.3, -0.25) is 14.4 Å². The molecule has 0 bridgehead atoms. The standard InChI is InChI=1S/C33H24ClNO5S/c1-39-24-10-5-9-22(30(24)40-2)27-28(29(36)25-11-6-16-41-25)35-23-14-13-19(34)17-18(23)12-15-26(35)33(27)31(37)20-7-3-4-8-21(20)32(33)38/h3-17,26-28H,1-2H3/t26-,27+,28-/m1/s1. The molecule has 2 aliphatic heterocycles. The van der Waals surface area contributed by atoms with Gasteiger partial charge in [-0.05, 0) is 41.3 Å². The minimum Gasteiger partial charge on any atom is -0.493 e. The second-order valence-electron chi connectivity index (χ2n) is 10.3. The van der Waals surface area contributed by atoms with Crippen molar-refractivity contribution in [2.24, 2.45) is 5.41 Å². The van der Waals surface area contributed by atoms with Gasteiger partial charge in [0.05, 0.1) is 25.1 Å². The van der Waals surface area contributed by atoms with Gasteiger partial charge in [-0.2, -0.15) is 0 Å². The molecule has 3 aliphatic rings. The van der Waals surface area contributed by atoms with Crippen molar-refractivity contribution >= 4 is 52.1 Å². The lowest BCUT2D eigenvalue weighted by atomic mass is 9.64. The van der Waals surface area contributed by atoms with Gasteiger partial charge < -0.3 is 14.4 Å². The minimum absolute atomic E-state index is 0.176. The number of fused-ring (bicyclic) bond motifs is 5. The van der Waals surface area contributed by atoms with Crippen molar-refractivity contribution in [3.05, 3.63) is 116 Å². The Kier molecular flexibility index (Phi) is 5.92. The van der Waals surface area contributed by atoms with Crippen LogP contribution in [0.25, 0.3) is 6.08 Å². The Balaban J connectivity index is 1.59. The van der Waals surface area contributed by atoms with E-state index in [0.29, 0.717) is 38.1 Å². The third-order valence-electron chi connectivity index (χ3n) is 8.57. The third-order valence-corrected chi connectivity index (χ3v) is 9.69.